The second kappa shape index (κ2) is 9.06. The molecule has 148 valence electrons. The van der Waals surface area contributed by atoms with Crippen molar-refractivity contribution in [3.8, 4) is 5.75 Å². The summed E-state index contributed by atoms with van der Waals surface area (Å²) in [4.78, 5) is 25.4. The number of rotatable bonds is 6. The van der Waals surface area contributed by atoms with Gasteiger partial charge in [0.25, 0.3) is 11.8 Å². The molecular weight excluding hydrogens is 364 g/mol. The minimum absolute atomic E-state index is 0.256. The molecule has 0 aromatic heterocycles. The van der Waals surface area contributed by atoms with Gasteiger partial charge in [-0.3, -0.25) is 9.59 Å². The lowest BCUT2D eigenvalue weighted by molar-refractivity contribution is 0.102. The normalized spacial score (nSPS) is 10.3. The van der Waals surface area contributed by atoms with Crippen LogP contribution in [0.4, 0.5) is 11.4 Å². The van der Waals surface area contributed by atoms with Gasteiger partial charge in [0.1, 0.15) is 5.75 Å². The predicted octanol–water partition coefficient (Wildman–Crippen LogP) is 5.07. The van der Waals surface area contributed by atoms with Gasteiger partial charge in [-0.25, -0.2) is 0 Å². The SMILES string of the molecule is CCc1ccccc1NC(=O)c1cccc(C(=O)Nc2cc(C)ccc2OC)c1. The first-order valence-corrected chi connectivity index (χ1v) is 9.47. The van der Waals surface area contributed by atoms with E-state index in [-0.39, 0.29) is 11.8 Å². The van der Waals surface area contributed by atoms with Crippen molar-refractivity contribution in [1.29, 1.82) is 0 Å². The number of hydrogen-bond donors (Lipinski definition) is 2. The second-order valence-corrected chi connectivity index (χ2v) is 6.70. The van der Waals surface area contributed by atoms with E-state index in [4.69, 9.17) is 4.74 Å². The van der Waals surface area contributed by atoms with Crippen molar-refractivity contribution in [3.63, 3.8) is 0 Å². The Bertz CT molecular complexity index is 1040. The van der Waals surface area contributed by atoms with Crippen molar-refractivity contribution >= 4 is 23.2 Å². The summed E-state index contributed by atoms with van der Waals surface area (Å²) in [7, 11) is 1.55. The molecule has 0 atom stereocenters. The van der Waals surface area contributed by atoms with Crippen LogP contribution >= 0.6 is 0 Å². The summed E-state index contributed by atoms with van der Waals surface area (Å²) in [6, 6.07) is 19.9. The summed E-state index contributed by atoms with van der Waals surface area (Å²) in [5, 5.41) is 5.79. The first-order chi connectivity index (χ1) is 14.0. The lowest BCUT2D eigenvalue weighted by atomic mass is 10.1. The van der Waals surface area contributed by atoms with E-state index in [0.717, 1.165) is 23.2 Å². The maximum atomic E-state index is 12.7. The van der Waals surface area contributed by atoms with Crippen LogP contribution in [0.15, 0.2) is 66.7 Å². The van der Waals surface area contributed by atoms with Crippen LogP contribution in [-0.4, -0.2) is 18.9 Å². The highest BCUT2D eigenvalue weighted by atomic mass is 16.5. The second-order valence-electron chi connectivity index (χ2n) is 6.70. The monoisotopic (exact) mass is 388 g/mol. The Labute approximate surface area is 170 Å². The van der Waals surface area contributed by atoms with Crippen molar-refractivity contribution in [2.75, 3.05) is 17.7 Å². The number of methoxy groups -OCH3 is 1. The molecule has 0 heterocycles. The molecule has 2 amide bonds. The lowest BCUT2D eigenvalue weighted by Gasteiger charge is -2.12. The maximum absolute atomic E-state index is 12.7. The summed E-state index contributed by atoms with van der Waals surface area (Å²) in [5.41, 5.74) is 4.23. The van der Waals surface area contributed by atoms with Gasteiger partial charge in [0.05, 0.1) is 12.8 Å². The Morgan fingerprint density at radius 1 is 0.828 bits per heavy atom. The Balaban J connectivity index is 1.79. The summed E-state index contributed by atoms with van der Waals surface area (Å²) in [6.07, 6.45) is 0.817. The third-order valence-electron chi connectivity index (χ3n) is 4.64. The standard InChI is InChI=1S/C24H24N2O3/c1-4-17-8-5-6-11-20(17)25-23(27)18-9-7-10-19(15-18)24(28)26-21-14-16(2)12-13-22(21)29-3/h5-15H,4H2,1-3H3,(H,25,27)(H,26,28). The van der Waals surface area contributed by atoms with E-state index in [1.54, 1.807) is 37.4 Å². The van der Waals surface area contributed by atoms with Crippen LogP contribution in [0.2, 0.25) is 0 Å². The van der Waals surface area contributed by atoms with Gasteiger partial charge < -0.3 is 15.4 Å². The molecule has 3 aromatic carbocycles. The highest BCUT2D eigenvalue weighted by Gasteiger charge is 2.14. The molecule has 2 N–H and O–H groups in total. The van der Waals surface area contributed by atoms with E-state index >= 15 is 0 Å². The molecule has 0 aliphatic carbocycles. The minimum atomic E-state index is -0.308. The number of aryl methyl sites for hydroxylation is 2. The molecule has 0 saturated carbocycles. The third kappa shape index (κ3) is 4.82. The molecule has 5 heteroatoms. The largest absolute Gasteiger partial charge is 0.495 e. The Hall–Kier alpha value is -3.60. The van der Waals surface area contributed by atoms with Crippen molar-refractivity contribution < 1.29 is 14.3 Å². The smallest absolute Gasteiger partial charge is 0.255 e. The van der Waals surface area contributed by atoms with Gasteiger partial charge in [-0.2, -0.15) is 0 Å². The first kappa shape index (κ1) is 20.1. The molecular formula is C24H24N2O3. The molecule has 3 rings (SSSR count). The number of para-hydroxylation sites is 1. The van der Waals surface area contributed by atoms with Crippen molar-refractivity contribution in [1.82, 2.24) is 0 Å². The van der Waals surface area contributed by atoms with Crippen LogP contribution in [0.25, 0.3) is 0 Å². The van der Waals surface area contributed by atoms with Gasteiger partial charge in [-0.15, -0.1) is 0 Å². The first-order valence-electron chi connectivity index (χ1n) is 9.47. The van der Waals surface area contributed by atoms with Crippen LogP contribution < -0.4 is 15.4 Å². The van der Waals surface area contributed by atoms with Crippen molar-refractivity contribution in [3.05, 3.63) is 89.0 Å². The molecule has 0 unspecified atom stereocenters. The van der Waals surface area contributed by atoms with Gasteiger partial charge in [-0.05, 0) is 60.9 Å². The molecule has 0 spiro atoms. The van der Waals surface area contributed by atoms with Gasteiger partial charge in [0.15, 0.2) is 0 Å². The van der Waals surface area contributed by atoms with E-state index in [9.17, 15) is 9.59 Å². The van der Waals surface area contributed by atoms with Gasteiger partial charge in [0, 0.05) is 16.8 Å². The zero-order valence-corrected chi connectivity index (χ0v) is 16.8. The Morgan fingerprint density at radius 3 is 2.14 bits per heavy atom. The van der Waals surface area contributed by atoms with Crippen LogP contribution in [-0.2, 0) is 6.42 Å². The average Bonchev–Trinajstić information content (AvgIpc) is 2.74. The zero-order chi connectivity index (χ0) is 20.8. The number of benzene rings is 3. The van der Waals surface area contributed by atoms with Crippen LogP contribution in [0.1, 0.15) is 38.8 Å². The number of carbonyl (C=O) groups excluding carboxylic acids is 2. The molecule has 0 bridgehead atoms. The van der Waals surface area contributed by atoms with E-state index in [0.29, 0.717) is 22.6 Å². The predicted molar refractivity (Wildman–Crippen MR) is 116 cm³/mol. The van der Waals surface area contributed by atoms with Crippen LogP contribution in [0, 0.1) is 6.92 Å². The highest BCUT2D eigenvalue weighted by molar-refractivity contribution is 6.09. The number of carbonyl (C=O) groups is 2. The number of ether oxygens (including phenoxy) is 1. The fourth-order valence-electron chi connectivity index (χ4n) is 3.06. The summed E-state index contributed by atoms with van der Waals surface area (Å²) in [5.74, 6) is 0.0141. The minimum Gasteiger partial charge on any atom is -0.495 e. The molecule has 29 heavy (non-hydrogen) atoms. The fraction of sp³-hybridized carbons (Fsp3) is 0.167. The van der Waals surface area contributed by atoms with E-state index in [1.807, 2.05) is 50.2 Å². The summed E-state index contributed by atoms with van der Waals surface area (Å²) in [6.45, 7) is 3.98. The molecule has 3 aromatic rings. The van der Waals surface area contributed by atoms with Gasteiger partial charge in [0.2, 0.25) is 0 Å². The third-order valence-corrected chi connectivity index (χ3v) is 4.64. The van der Waals surface area contributed by atoms with Crippen molar-refractivity contribution in [2.24, 2.45) is 0 Å². The average molecular weight is 388 g/mol. The highest BCUT2D eigenvalue weighted by Crippen LogP contribution is 2.26. The van der Waals surface area contributed by atoms with E-state index in [1.165, 1.54) is 0 Å². The Kier molecular flexibility index (Phi) is 6.29. The molecule has 0 radical (unpaired) electrons. The van der Waals surface area contributed by atoms with Crippen LogP contribution in [0.5, 0.6) is 5.75 Å². The van der Waals surface area contributed by atoms with Gasteiger partial charge >= 0.3 is 0 Å². The Morgan fingerprint density at radius 2 is 1.48 bits per heavy atom. The molecule has 0 aliphatic heterocycles. The van der Waals surface area contributed by atoms with E-state index < -0.39 is 0 Å². The maximum Gasteiger partial charge on any atom is 0.255 e. The van der Waals surface area contributed by atoms with Gasteiger partial charge in [-0.1, -0.05) is 37.3 Å². The number of hydrogen-bond acceptors (Lipinski definition) is 3. The topological polar surface area (TPSA) is 67.4 Å². The number of nitrogens with one attached hydrogen (secondary N) is 2. The van der Waals surface area contributed by atoms with Crippen LogP contribution in [0.3, 0.4) is 0 Å². The zero-order valence-electron chi connectivity index (χ0n) is 16.8. The molecule has 0 fully saturated rings. The fourth-order valence-corrected chi connectivity index (χ4v) is 3.06. The van der Waals surface area contributed by atoms with E-state index in [2.05, 4.69) is 10.6 Å². The van der Waals surface area contributed by atoms with Crippen molar-refractivity contribution in [2.45, 2.75) is 20.3 Å². The summed E-state index contributed by atoms with van der Waals surface area (Å²) >= 11 is 0. The molecule has 0 saturated heterocycles. The lowest BCUT2D eigenvalue weighted by Crippen LogP contribution is -2.16. The summed E-state index contributed by atoms with van der Waals surface area (Å²) < 4.78 is 5.31. The quantitative estimate of drug-likeness (QED) is 0.619. The molecule has 0 aliphatic rings. The number of anilines is 2. The number of amides is 2. The molecule has 5 nitrogen and oxygen atoms in total.